The van der Waals surface area contributed by atoms with Crippen LogP contribution in [0.4, 0.5) is 0 Å². The normalized spacial score (nSPS) is 20.1. The van der Waals surface area contributed by atoms with Crippen LogP contribution >= 0.6 is 0 Å². The highest BCUT2D eigenvalue weighted by atomic mass is 16.7. The SMILES string of the molecule is CCCCCCCCCCCCC/C=C/[C@@H](OC(=O)c1ccccc1)[C@H](CO[C@@H]1O[C@H](COC(=O)C(C)(C)C)[C@@H](OC(=O)C(C)(C)C)[C@H](OC(=O)C(C)(C)C)[C@H]1OC(=O)C(C)(C)C)N=[N+]=[N-]. The fraction of sp³-hybridized carbons (Fsp3) is 0.745. The number of carbonyl (C=O) groups excluding carboxylic acids is 5. The van der Waals surface area contributed by atoms with Crippen LogP contribution in [-0.4, -0.2) is 85.9 Å². The first-order valence-electron chi connectivity index (χ1n) is 23.9. The number of azide groups is 1. The van der Waals surface area contributed by atoms with Crippen molar-refractivity contribution >= 4 is 29.8 Å². The molecule has 7 atom stereocenters. The van der Waals surface area contributed by atoms with E-state index in [4.69, 9.17) is 33.2 Å². The number of hydrogen-bond acceptors (Lipinski definition) is 13. The first-order chi connectivity index (χ1) is 30.8. The average molecular weight is 928 g/mol. The maximum Gasteiger partial charge on any atom is 0.338 e. The molecule has 0 aromatic heterocycles. The Labute approximate surface area is 394 Å². The zero-order chi connectivity index (χ0) is 49.7. The topological polar surface area (TPSA) is 199 Å². The van der Waals surface area contributed by atoms with Crippen LogP contribution < -0.4 is 0 Å². The van der Waals surface area contributed by atoms with Crippen LogP contribution in [0.5, 0.6) is 0 Å². The van der Waals surface area contributed by atoms with Gasteiger partial charge in [-0.15, -0.1) is 0 Å². The van der Waals surface area contributed by atoms with E-state index in [1.807, 2.05) is 6.08 Å². The number of unbranched alkanes of at least 4 members (excludes halogenated alkanes) is 11. The summed E-state index contributed by atoms with van der Waals surface area (Å²) in [4.78, 5) is 70.7. The molecule has 15 heteroatoms. The van der Waals surface area contributed by atoms with Gasteiger partial charge in [-0.2, -0.15) is 0 Å². The average Bonchev–Trinajstić information content (AvgIpc) is 3.23. The summed E-state index contributed by atoms with van der Waals surface area (Å²) in [6, 6.07) is 7.18. The number of ether oxygens (including phenoxy) is 7. The van der Waals surface area contributed by atoms with Gasteiger partial charge in [0.25, 0.3) is 0 Å². The molecular weight excluding hydrogens is 847 g/mol. The van der Waals surface area contributed by atoms with Crippen LogP contribution in [0.1, 0.15) is 177 Å². The van der Waals surface area contributed by atoms with Crippen molar-refractivity contribution in [3.05, 3.63) is 58.5 Å². The van der Waals surface area contributed by atoms with Gasteiger partial charge in [-0.1, -0.05) is 101 Å². The first-order valence-corrected chi connectivity index (χ1v) is 23.9. The Morgan fingerprint density at radius 2 is 1.14 bits per heavy atom. The van der Waals surface area contributed by atoms with Gasteiger partial charge in [0.05, 0.1) is 33.8 Å². The molecule has 1 aromatic carbocycles. The molecule has 1 aliphatic rings. The largest absolute Gasteiger partial charge is 0.462 e. The minimum Gasteiger partial charge on any atom is -0.462 e. The molecule has 66 heavy (non-hydrogen) atoms. The van der Waals surface area contributed by atoms with Gasteiger partial charge in [0.2, 0.25) is 0 Å². The molecular formula is C51H81N3O12. The van der Waals surface area contributed by atoms with Crippen LogP contribution in [0, 0.1) is 21.7 Å². The van der Waals surface area contributed by atoms with Crippen LogP contribution in [-0.2, 0) is 52.3 Å². The number of rotatable bonds is 25. The van der Waals surface area contributed by atoms with E-state index in [1.165, 1.54) is 51.4 Å². The highest BCUT2D eigenvalue weighted by Crippen LogP contribution is 2.35. The van der Waals surface area contributed by atoms with Crippen molar-refractivity contribution in [2.24, 2.45) is 26.8 Å². The predicted molar refractivity (Wildman–Crippen MR) is 252 cm³/mol. The minimum absolute atomic E-state index is 0.277. The van der Waals surface area contributed by atoms with Crippen LogP contribution in [0.2, 0.25) is 0 Å². The first kappa shape index (κ1) is 57.7. The van der Waals surface area contributed by atoms with Crippen LogP contribution in [0.25, 0.3) is 10.4 Å². The van der Waals surface area contributed by atoms with Gasteiger partial charge >= 0.3 is 29.8 Å². The molecule has 372 valence electrons. The van der Waals surface area contributed by atoms with E-state index >= 15 is 0 Å². The Balaban J connectivity index is 2.57. The lowest BCUT2D eigenvalue weighted by Crippen LogP contribution is -2.64. The maximum absolute atomic E-state index is 13.7. The summed E-state index contributed by atoms with van der Waals surface area (Å²) in [5.41, 5.74) is 5.97. The van der Waals surface area contributed by atoms with E-state index in [9.17, 15) is 29.5 Å². The smallest absolute Gasteiger partial charge is 0.338 e. The second kappa shape index (κ2) is 27.4. The molecule has 0 unspecified atom stereocenters. The van der Waals surface area contributed by atoms with Gasteiger partial charge in [-0.25, -0.2) is 4.79 Å². The number of nitrogens with zero attached hydrogens (tertiary/aromatic N) is 3. The van der Waals surface area contributed by atoms with E-state index in [1.54, 1.807) is 119 Å². The molecule has 0 amide bonds. The zero-order valence-electron chi connectivity index (χ0n) is 42.2. The third-order valence-corrected chi connectivity index (χ3v) is 10.7. The van der Waals surface area contributed by atoms with Crippen molar-refractivity contribution in [2.45, 2.75) is 210 Å². The predicted octanol–water partition coefficient (Wildman–Crippen LogP) is 11.4. The molecule has 0 spiro atoms. The standard InChI is InChI=1S/C51H81N3O12/c1-14-15-16-17-18-19-20-21-22-23-24-25-29-32-37(62-42(55)35-30-27-26-28-31-35)36(53-54-52)33-60-43-41(66-47(59)51(11,12)13)40(65-46(58)50(8,9)10)39(64-45(57)49(5,6)7)38(63-43)34-61-44(56)48(2,3)4/h26-32,36-41,43H,14-25,33-34H2,1-13H3/b32-29+/t36-,37+,38+,39+,40-,41+,43+/m0/s1. The summed E-state index contributed by atoms with van der Waals surface area (Å²) >= 11 is 0. The van der Waals surface area contributed by atoms with Gasteiger partial charge in [-0.05, 0) is 120 Å². The fourth-order valence-electron chi connectivity index (χ4n) is 6.45. The molecule has 1 aliphatic heterocycles. The van der Waals surface area contributed by atoms with Crippen molar-refractivity contribution in [1.29, 1.82) is 0 Å². The Hall–Kier alpha value is -4.46. The molecule has 1 aromatic rings. The van der Waals surface area contributed by atoms with Crippen molar-refractivity contribution in [3.8, 4) is 0 Å². The Morgan fingerprint density at radius 1 is 0.667 bits per heavy atom. The van der Waals surface area contributed by atoms with Crippen molar-refractivity contribution in [2.75, 3.05) is 13.2 Å². The lowest BCUT2D eigenvalue weighted by atomic mass is 9.93. The number of carbonyl (C=O) groups is 5. The molecule has 0 N–H and O–H groups in total. The summed E-state index contributed by atoms with van der Waals surface area (Å²) < 4.78 is 42.7. The summed E-state index contributed by atoms with van der Waals surface area (Å²) in [6.07, 6.45) is 8.72. The highest BCUT2D eigenvalue weighted by Gasteiger charge is 2.55. The lowest BCUT2D eigenvalue weighted by Gasteiger charge is -2.46. The molecule has 15 nitrogen and oxygen atoms in total. The molecule has 1 fully saturated rings. The summed E-state index contributed by atoms with van der Waals surface area (Å²) in [6.45, 7) is 20.9. The van der Waals surface area contributed by atoms with Crippen LogP contribution in [0.3, 0.4) is 0 Å². The monoisotopic (exact) mass is 928 g/mol. The number of hydrogen-bond donors (Lipinski definition) is 0. The zero-order valence-corrected chi connectivity index (χ0v) is 42.2. The van der Waals surface area contributed by atoms with Gasteiger partial charge in [0, 0.05) is 4.91 Å². The Kier molecular flexibility index (Phi) is 23.9. The highest BCUT2D eigenvalue weighted by molar-refractivity contribution is 5.89. The van der Waals surface area contributed by atoms with E-state index in [0.29, 0.717) is 6.42 Å². The van der Waals surface area contributed by atoms with E-state index in [2.05, 4.69) is 16.9 Å². The molecule has 1 heterocycles. The van der Waals surface area contributed by atoms with E-state index in [-0.39, 0.29) is 5.56 Å². The van der Waals surface area contributed by atoms with Crippen molar-refractivity contribution in [3.63, 3.8) is 0 Å². The summed E-state index contributed by atoms with van der Waals surface area (Å²) in [7, 11) is 0. The summed E-state index contributed by atoms with van der Waals surface area (Å²) in [5, 5.41) is 3.99. The third kappa shape index (κ3) is 20.6. The van der Waals surface area contributed by atoms with Gasteiger partial charge < -0.3 is 33.2 Å². The number of benzene rings is 1. The fourth-order valence-corrected chi connectivity index (χ4v) is 6.45. The van der Waals surface area contributed by atoms with E-state index < -0.39 is 108 Å². The molecule has 0 bridgehead atoms. The van der Waals surface area contributed by atoms with E-state index in [0.717, 1.165) is 19.3 Å². The minimum atomic E-state index is -1.60. The van der Waals surface area contributed by atoms with Crippen LogP contribution in [0.15, 0.2) is 47.6 Å². The quantitative estimate of drug-likeness (QED) is 0.0171. The third-order valence-electron chi connectivity index (χ3n) is 10.7. The summed E-state index contributed by atoms with van der Waals surface area (Å²) in [5.74, 6) is -3.42. The second-order valence-corrected chi connectivity index (χ2v) is 21.3. The van der Waals surface area contributed by atoms with Gasteiger partial charge in [0.1, 0.15) is 24.9 Å². The lowest BCUT2D eigenvalue weighted by molar-refractivity contribution is -0.313. The second-order valence-electron chi connectivity index (χ2n) is 21.3. The molecule has 2 rings (SSSR count). The Bertz CT molecular complexity index is 1750. The Morgan fingerprint density at radius 3 is 1.62 bits per heavy atom. The van der Waals surface area contributed by atoms with Gasteiger partial charge in [-0.3, -0.25) is 19.2 Å². The number of esters is 5. The van der Waals surface area contributed by atoms with Crippen molar-refractivity contribution in [1.82, 2.24) is 0 Å². The molecule has 0 radical (unpaired) electrons. The maximum atomic E-state index is 13.7. The molecule has 1 saturated heterocycles. The number of allylic oxidation sites excluding steroid dienone is 1. The van der Waals surface area contributed by atoms with Gasteiger partial charge in [0.15, 0.2) is 24.6 Å². The molecule has 0 saturated carbocycles. The molecule has 0 aliphatic carbocycles. The van der Waals surface area contributed by atoms with Crippen molar-refractivity contribution < 1.29 is 57.1 Å².